The second-order valence-corrected chi connectivity index (χ2v) is 7.50. The van der Waals surface area contributed by atoms with Gasteiger partial charge in [-0.25, -0.2) is 0 Å². The lowest BCUT2D eigenvalue weighted by Crippen LogP contribution is -2.35. The van der Waals surface area contributed by atoms with Crippen LogP contribution < -0.4 is 10.6 Å². The number of para-hydroxylation sites is 1. The number of hydrogen-bond donors (Lipinski definition) is 2. The van der Waals surface area contributed by atoms with Gasteiger partial charge in [-0.1, -0.05) is 36.2 Å². The Bertz CT molecular complexity index is 478. The summed E-state index contributed by atoms with van der Waals surface area (Å²) in [6.07, 6.45) is 3.50. The molecule has 2 atom stereocenters. The molecule has 2 rings (SSSR count). The van der Waals surface area contributed by atoms with E-state index in [1.54, 1.807) is 18.2 Å². The Morgan fingerprint density at radius 2 is 2.05 bits per heavy atom. The molecule has 0 radical (unpaired) electrons. The Morgan fingerprint density at radius 1 is 1.33 bits per heavy atom. The molecule has 6 heteroatoms. The van der Waals surface area contributed by atoms with Gasteiger partial charge in [-0.3, -0.25) is 4.79 Å². The smallest absolute Gasteiger partial charge is 0.238 e. The van der Waals surface area contributed by atoms with Crippen LogP contribution in [0.2, 0.25) is 10.0 Å². The molecule has 1 amide bonds. The van der Waals surface area contributed by atoms with Gasteiger partial charge in [0.15, 0.2) is 0 Å². The lowest BCUT2D eigenvalue weighted by molar-refractivity contribution is -0.115. The molecule has 0 bridgehead atoms. The average molecular weight is 347 g/mol. The van der Waals surface area contributed by atoms with Gasteiger partial charge in [0.1, 0.15) is 0 Å². The Kier molecular flexibility index (Phi) is 6.68. The molecular weight excluding hydrogens is 327 g/mol. The number of thioether (sulfide) groups is 1. The number of anilines is 1. The summed E-state index contributed by atoms with van der Waals surface area (Å²) in [6, 6.07) is 5.60. The van der Waals surface area contributed by atoms with Crippen LogP contribution in [-0.2, 0) is 4.79 Å². The maximum Gasteiger partial charge on any atom is 0.238 e. The van der Waals surface area contributed by atoms with Gasteiger partial charge >= 0.3 is 0 Å². The van der Waals surface area contributed by atoms with Crippen LogP contribution in [0.15, 0.2) is 18.2 Å². The number of amides is 1. The summed E-state index contributed by atoms with van der Waals surface area (Å²) in [5.74, 6) is 1.04. The van der Waals surface area contributed by atoms with Gasteiger partial charge in [-0.15, -0.1) is 0 Å². The molecule has 21 heavy (non-hydrogen) atoms. The molecule has 1 aliphatic carbocycles. The molecule has 1 aromatic rings. The Hall–Kier alpha value is -0.420. The second kappa shape index (κ2) is 8.28. The highest BCUT2D eigenvalue weighted by molar-refractivity contribution is 7.99. The number of carbonyl (C=O) groups is 1. The van der Waals surface area contributed by atoms with Gasteiger partial charge in [0.05, 0.1) is 22.3 Å². The number of halogens is 2. The van der Waals surface area contributed by atoms with Crippen LogP contribution in [0.5, 0.6) is 0 Å². The van der Waals surface area contributed by atoms with E-state index in [1.165, 1.54) is 6.42 Å². The molecule has 0 heterocycles. The molecular formula is C15H20Cl2N2OS. The van der Waals surface area contributed by atoms with Gasteiger partial charge in [0.25, 0.3) is 0 Å². The van der Waals surface area contributed by atoms with Crippen LogP contribution in [0.4, 0.5) is 5.69 Å². The number of nitrogens with one attached hydrogen (secondary N) is 2. The van der Waals surface area contributed by atoms with Crippen LogP contribution in [0.3, 0.4) is 0 Å². The van der Waals surface area contributed by atoms with Crippen LogP contribution in [-0.4, -0.2) is 29.5 Å². The van der Waals surface area contributed by atoms with Crippen LogP contribution in [0.1, 0.15) is 26.2 Å². The Labute approximate surface area is 140 Å². The molecule has 0 aromatic heterocycles. The molecule has 3 nitrogen and oxygen atoms in total. The molecule has 0 aliphatic heterocycles. The van der Waals surface area contributed by atoms with Gasteiger partial charge in [-0.05, 0) is 37.1 Å². The van der Waals surface area contributed by atoms with Crippen molar-refractivity contribution in [1.82, 2.24) is 5.32 Å². The molecule has 1 aliphatic rings. The fourth-order valence-electron chi connectivity index (χ4n) is 2.55. The first kappa shape index (κ1) is 16.9. The van der Waals surface area contributed by atoms with Crippen molar-refractivity contribution in [2.45, 2.75) is 37.5 Å². The molecule has 0 spiro atoms. The number of carbonyl (C=O) groups excluding carboxylic acids is 1. The third kappa shape index (κ3) is 5.06. The van der Waals surface area contributed by atoms with E-state index in [0.717, 1.165) is 23.8 Å². The normalized spacial score (nSPS) is 21.5. The standard InChI is InChI=1S/C15H20Cl2N2OS/c1-2-21-11-7-6-10(8-11)18-9-14(20)19-15-12(16)4-3-5-13(15)17/h3-5,10-11,18H,2,6-9H2,1H3,(H,19,20). The third-order valence-electron chi connectivity index (χ3n) is 3.57. The zero-order chi connectivity index (χ0) is 15.2. The predicted molar refractivity (Wildman–Crippen MR) is 92.7 cm³/mol. The van der Waals surface area contributed by atoms with Crippen molar-refractivity contribution in [2.75, 3.05) is 17.6 Å². The molecule has 1 fully saturated rings. The summed E-state index contributed by atoms with van der Waals surface area (Å²) in [4.78, 5) is 12.0. The minimum atomic E-state index is -0.114. The summed E-state index contributed by atoms with van der Waals surface area (Å²) < 4.78 is 0. The number of hydrogen-bond acceptors (Lipinski definition) is 3. The summed E-state index contributed by atoms with van der Waals surface area (Å²) in [7, 11) is 0. The number of benzene rings is 1. The molecule has 2 N–H and O–H groups in total. The van der Waals surface area contributed by atoms with Crippen molar-refractivity contribution in [3.63, 3.8) is 0 Å². The highest BCUT2D eigenvalue weighted by Crippen LogP contribution is 2.30. The van der Waals surface area contributed by atoms with Gasteiger partial charge in [-0.2, -0.15) is 11.8 Å². The number of rotatable bonds is 6. The minimum Gasteiger partial charge on any atom is -0.322 e. The zero-order valence-electron chi connectivity index (χ0n) is 12.0. The van der Waals surface area contributed by atoms with Crippen molar-refractivity contribution in [3.05, 3.63) is 28.2 Å². The first-order valence-corrected chi connectivity index (χ1v) is 8.99. The maximum absolute atomic E-state index is 12.0. The van der Waals surface area contributed by atoms with Crippen molar-refractivity contribution in [1.29, 1.82) is 0 Å². The topological polar surface area (TPSA) is 41.1 Å². The SMILES string of the molecule is CCSC1CCC(NCC(=O)Nc2c(Cl)cccc2Cl)C1. The zero-order valence-corrected chi connectivity index (χ0v) is 14.3. The van der Waals surface area contributed by atoms with E-state index in [2.05, 4.69) is 17.6 Å². The third-order valence-corrected chi connectivity index (χ3v) is 5.43. The van der Waals surface area contributed by atoms with E-state index in [4.69, 9.17) is 23.2 Å². The highest BCUT2D eigenvalue weighted by Gasteiger charge is 2.24. The van der Waals surface area contributed by atoms with Crippen LogP contribution in [0.25, 0.3) is 0 Å². The monoisotopic (exact) mass is 346 g/mol. The van der Waals surface area contributed by atoms with Crippen molar-refractivity contribution in [2.24, 2.45) is 0 Å². The largest absolute Gasteiger partial charge is 0.322 e. The average Bonchev–Trinajstić information content (AvgIpc) is 2.89. The van der Waals surface area contributed by atoms with Gasteiger partial charge in [0.2, 0.25) is 5.91 Å². The Morgan fingerprint density at radius 3 is 2.71 bits per heavy atom. The van der Waals surface area contributed by atoms with Gasteiger partial charge < -0.3 is 10.6 Å². The van der Waals surface area contributed by atoms with Crippen LogP contribution >= 0.6 is 35.0 Å². The fourth-order valence-corrected chi connectivity index (χ4v) is 4.18. The fraction of sp³-hybridized carbons (Fsp3) is 0.533. The molecule has 1 saturated carbocycles. The predicted octanol–water partition coefficient (Wildman–Crippen LogP) is 4.20. The summed E-state index contributed by atoms with van der Waals surface area (Å²) in [5, 5.41) is 7.73. The molecule has 2 unspecified atom stereocenters. The Balaban J connectivity index is 1.78. The first-order chi connectivity index (χ1) is 10.1. The summed E-state index contributed by atoms with van der Waals surface area (Å²) >= 11 is 14.1. The van der Waals surface area contributed by atoms with E-state index < -0.39 is 0 Å². The molecule has 116 valence electrons. The molecule has 1 aromatic carbocycles. The second-order valence-electron chi connectivity index (χ2n) is 5.11. The van der Waals surface area contributed by atoms with Crippen molar-refractivity contribution in [3.8, 4) is 0 Å². The maximum atomic E-state index is 12.0. The highest BCUT2D eigenvalue weighted by atomic mass is 35.5. The summed E-state index contributed by atoms with van der Waals surface area (Å²) in [6.45, 7) is 2.47. The van der Waals surface area contributed by atoms with E-state index in [-0.39, 0.29) is 12.5 Å². The molecule has 0 saturated heterocycles. The van der Waals surface area contributed by atoms with Crippen molar-refractivity contribution >= 4 is 46.6 Å². The minimum absolute atomic E-state index is 0.114. The van der Waals surface area contributed by atoms with E-state index >= 15 is 0 Å². The van der Waals surface area contributed by atoms with Crippen molar-refractivity contribution < 1.29 is 4.79 Å². The van der Waals surface area contributed by atoms with Crippen LogP contribution in [0, 0.1) is 0 Å². The van der Waals surface area contributed by atoms with E-state index in [9.17, 15) is 4.79 Å². The van der Waals surface area contributed by atoms with E-state index in [1.807, 2.05) is 11.8 Å². The lowest BCUT2D eigenvalue weighted by Gasteiger charge is -2.14. The lowest BCUT2D eigenvalue weighted by atomic mass is 10.2. The first-order valence-electron chi connectivity index (χ1n) is 7.19. The van der Waals surface area contributed by atoms with Gasteiger partial charge in [0, 0.05) is 11.3 Å². The van der Waals surface area contributed by atoms with E-state index in [0.29, 0.717) is 21.8 Å². The quantitative estimate of drug-likeness (QED) is 0.811. The summed E-state index contributed by atoms with van der Waals surface area (Å²) in [5.41, 5.74) is 0.485.